The number of fused-ring (bicyclic) bond motifs is 3. The number of halogens is 2. The van der Waals surface area contributed by atoms with Crippen molar-refractivity contribution < 1.29 is 18.3 Å². The number of hydrogen-bond acceptors (Lipinski definition) is 0. The summed E-state index contributed by atoms with van der Waals surface area (Å²) in [7, 11) is 0. The zero-order valence-corrected chi connectivity index (χ0v) is 43.0. The van der Waals surface area contributed by atoms with Crippen LogP contribution < -0.4 is 9.81 Å². The van der Waals surface area contributed by atoms with Gasteiger partial charge in [-0.2, -0.15) is 0 Å². The maximum absolute atomic E-state index is 6.12. The number of rotatable bonds is 4. The Kier molecular flexibility index (Phi) is 12.5. The van der Waals surface area contributed by atoms with E-state index in [0.717, 1.165) is 12.8 Å². The van der Waals surface area contributed by atoms with Crippen LogP contribution in [0.15, 0.2) is 87.2 Å². The summed E-state index contributed by atoms with van der Waals surface area (Å²) >= 11 is -5.28. The Balaban J connectivity index is 0.00000360. The fraction of sp³-hybridized carbons (Fsp3) is 0.463. The van der Waals surface area contributed by atoms with Crippen molar-refractivity contribution in [2.24, 2.45) is 5.41 Å². The Hall–Kier alpha value is -2.31. The summed E-state index contributed by atoms with van der Waals surface area (Å²) in [5.74, 6) is 0. The molecule has 308 valence electrons. The molecule has 0 radical (unpaired) electrons. The van der Waals surface area contributed by atoms with Gasteiger partial charge in [-0.1, -0.05) is 0 Å². The van der Waals surface area contributed by atoms with E-state index in [1.807, 2.05) is 0 Å². The normalized spacial score (nSPS) is 15.2. The number of allylic oxidation sites excluding steroid dienone is 4. The average Bonchev–Trinajstić information content (AvgIpc) is 3.62. The molecule has 57 heavy (non-hydrogen) atoms. The first-order valence-corrected chi connectivity index (χ1v) is 27.6. The molecular formula is C54H74Cl2Zr. The minimum atomic E-state index is -5.28. The van der Waals surface area contributed by atoms with Crippen LogP contribution in [0.2, 0.25) is 0 Å². The standard InChI is InChI=1S/C29H41.C10H15.2C7H7.CH2.2ClH.Zr/c1-26(2,3)22-14-18-13-19-15-23(27(4,5)6)25(29(10,11)12)17-21(19)20(18)16-24(22)28(7,8)9;1-8-6-5-7-9(8)10(2,3)4;2*1-7-5-3-2-4-6-7;;;;/h14,16-17H,13H2,1-12H3;6H,5H2,1-4H3;2*3-6H,1H3;1H2;2*1H;. The molecule has 4 aromatic rings. The zero-order chi connectivity index (χ0) is 41.1. The molecule has 3 heteroatoms. The Morgan fingerprint density at radius 1 is 0.509 bits per heavy atom. The summed E-state index contributed by atoms with van der Waals surface area (Å²) in [6.07, 6.45) is 4.42. The summed E-state index contributed by atoms with van der Waals surface area (Å²) in [4.78, 5) is 0. The molecule has 0 heterocycles. The molecular weight excluding hydrogens is 811 g/mol. The predicted octanol–water partition coefficient (Wildman–Crippen LogP) is 14.0. The molecule has 0 saturated carbocycles. The number of aryl methyl sites for hydroxylation is 2. The van der Waals surface area contributed by atoms with Crippen molar-refractivity contribution >= 4 is 38.8 Å². The third kappa shape index (κ3) is 7.68. The van der Waals surface area contributed by atoms with E-state index in [0.29, 0.717) is 0 Å². The molecule has 0 bridgehead atoms. The first-order chi connectivity index (χ1) is 25.0. The van der Waals surface area contributed by atoms with Crippen molar-refractivity contribution in [2.75, 3.05) is 0 Å². The molecule has 0 N–H and O–H groups in total. The van der Waals surface area contributed by atoms with E-state index in [2.05, 4.69) is 197 Å². The van der Waals surface area contributed by atoms with Crippen LogP contribution >= 0.6 is 24.8 Å². The average molecular weight is 885 g/mol. The molecule has 0 amide bonds. The molecule has 0 nitrogen and oxygen atoms in total. The second-order valence-corrected chi connectivity index (χ2v) is 35.5. The molecule has 6 rings (SSSR count). The van der Waals surface area contributed by atoms with Gasteiger partial charge in [-0.25, -0.2) is 0 Å². The van der Waals surface area contributed by atoms with Crippen LogP contribution in [-0.4, -0.2) is 4.21 Å². The first kappa shape index (κ1) is 47.4. The zero-order valence-electron chi connectivity index (χ0n) is 38.9. The molecule has 0 fully saturated rings. The molecule has 0 spiro atoms. The van der Waals surface area contributed by atoms with Gasteiger partial charge in [0.05, 0.1) is 0 Å². The minimum absolute atomic E-state index is 0. The van der Waals surface area contributed by atoms with E-state index in [1.54, 1.807) is 6.55 Å². The van der Waals surface area contributed by atoms with Crippen molar-refractivity contribution in [3.8, 4) is 11.1 Å². The molecule has 0 unspecified atom stereocenters. The van der Waals surface area contributed by atoms with Crippen LogP contribution in [0.5, 0.6) is 0 Å². The van der Waals surface area contributed by atoms with Gasteiger partial charge in [0.15, 0.2) is 0 Å². The summed E-state index contributed by atoms with van der Waals surface area (Å²) in [5, 5.41) is 0. The predicted molar refractivity (Wildman–Crippen MR) is 257 cm³/mol. The van der Waals surface area contributed by atoms with E-state index in [1.165, 1.54) is 73.3 Å². The van der Waals surface area contributed by atoms with Gasteiger partial charge in [0.1, 0.15) is 0 Å². The van der Waals surface area contributed by atoms with Crippen molar-refractivity contribution in [2.45, 2.75) is 159 Å². The SMILES string of the molecule is Cl.Cl.[CH2]=[Zr]([C]1=C(C(C)(C)C)C(C)=CC1)([c]1ccc(C)cc1)([c]1ccc(C)cc1)[c]1c2c(cc(C(C)(C)C)c1C(C)(C)C)-c1cc(C(C)(C)C)c(C(C)(C)C)cc1C2. The monoisotopic (exact) mass is 882 g/mol. The van der Waals surface area contributed by atoms with Gasteiger partial charge in [-0.3, -0.25) is 0 Å². The maximum atomic E-state index is 6.12. The second-order valence-electron chi connectivity index (χ2n) is 22.8. The van der Waals surface area contributed by atoms with Gasteiger partial charge < -0.3 is 0 Å². The van der Waals surface area contributed by atoms with Crippen molar-refractivity contribution in [1.82, 2.24) is 0 Å². The van der Waals surface area contributed by atoms with E-state index in [4.69, 9.17) is 4.21 Å². The molecule has 0 aromatic heterocycles. The number of hydrogen-bond donors (Lipinski definition) is 0. The summed E-state index contributed by atoms with van der Waals surface area (Å²) in [6, 6.07) is 27.4. The van der Waals surface area contributed by atoms with E-state index in [9.17, 15) is 0 Å². The third-order valence-corrected chi connectivity index (χ3v) is 29.5. The summed E-state index contributed by atoms with van der Waals surface area (Å²) in [5.41, 5.74) is 17.2. The quantitative estimate of drug-likeness (QED) is 0.169. The third-order valence-electron chi connectivity index (χ3n) is 13.2. The van der Waals surface area contributed by atoms with E-state index in [-0.39, 0.29) is 51.9 Å². The van der Waals surface area contributed by atoms with Gasteiger partial charge in [0.2, 0.25) is 0 Å². The van der Waals surface area contributed by atoms with E-state index >= 15 is 0 Å². The van der Waals surface area contributed by atoms with Gasteiger partial charge in [0.25, 0.3) is 0 Å². The van der Waals surface area contributed by atoms with Crippen LogP contribution in [0, 0.1) is 19.3 Å². The molecule has 2 aliphatic carbocycles. The van der Waals surface area contributed by atoms with Crippen LogP contribution in [-0.2, 0) is 46.4 Å². The van der Waals surface area contributed by atoms with Gasteiger partial charge in [0, 0.05) is 0 Å². The number of benzene rings is 4. The van der Waals surface area contributed by atoms with Crippen molar-refractivity contribution in [3.05, 3.63) is 132 Å². The Morgan fingerprint density at radius 3 is 1.33 bits per heavy atom. The summed E-state index contributed by atoms with van der Waals surface area (Å²) < 4.78 is 12.3. The van der Waals surface area contributed by atoms with E-state index < -0.39 is 18.3 Å². The van der Waals surface area contributed by atoms with Gasteiger partial charge in [-0.05, 0) is 0 Å². The van der Waals surface area contributed by atoms with Crippen LogP contribution in [0.1, 0.15) is 162 Å². The topological polar surface area (TPSA) is 0 Å². The van der Waals surface area contributed by atoms with Gasteiger partial charge in [-0.15, -0.1) is 24.8 Å². The molecule has 0 saturated heterocycles. The first-order valence-electron chi connectivity index (χ1n) is 21.0. The Labute approximate surface area is 361 Å². The van der Waals surface area contributed by atoms with Crippen LogP contribution in [0.3, 0.4) is 0 Å². The fourth-order valence-corrected chi connectivity index (χ4v) is 28.7. The van der Waals surface area contributed by atoms with Crippen molar-refractivity contribution in [3.63, 3.8) is 0 Å². The van der Waals surface area contributed by atoms with Crippen molar-refractivity contribution in [1.29, 1.82) is 0 Å². The summed E-state index contributed by atoms with van der Waals surface area (Å²) in [6.45, 7) is 43.3. The van der Waals surface area contributed by atoms with Crippen LogP contribution in [0.25, 0.3) is 11.1 Å². The second kappa shape index (κ2) is 15.0. The Morgan fingerprint density at radius 2 is 0.930 bits per heavy atom. The molecule has 0 aliphatic heterocycles. The molecule has 2 aliphatic rings. The van der Waals surface area contributed by atoms with Gasteiger partial charge >= 0.3 is 340 Å². The van der Waals surface area contributed by atoms with Crippen LogP contribution in [0.4, 0.5) is 0 Å². The molecule has 4 aromatic carbocycles. The Bertz CT molecular complexity index is 2270. The fourth-order valence-electron chi connectivity index (χ4n) is 10.6. The molecule has 0 atom stereocenters.